The van der Waals surface area contributed by atoms with E-state index < -0.39 is 5.60 Å². The van der Waals surface area contributed by atoms with Crippen molar-refractivity contribution in [3.05, 3.63) is 0 Å². The number of carbonyl (C=O) groups is 1. The van der Waals surface area contributed by atoms with E-state index in [1.165, 1.54) is 58.0 Å². The van der Waals surface area contributed by atoms with Gasteiger partial charge in [0.2, 0.25) is 0 Å². The van der Waals surface area contributed by atoms with Gasteiger partial charge in [-0.05, 0) is 105 Å². The first kappa shape index (κ1) is 21.1. The molecule has 1 N–H and O–H groups in total. The Labute approximate surface area is 189 Å². The Balaban J connectivity index is 1.31. The lowest BCUT2D eigenvalue weighted by Crippen LogP contribution is -2.67. The predicted molar refractivity (Wildman–Crippen MR) is 123 cm³/mol. The summed E-state index contributed by atoms with van der Waals surface area (Å²) in [5, 5.41) is 11.8. The zero-order chi connectivity index (χ0) is 21.7. The first-order chi connectivity index (χ1) is 14.7. The molecule has 12 atom stereocenters. The highest BCUT2D eigenvalue weighted by Crippen LogP contribution is 2.67. The second-order valence-corrected chi connectivity index (χ2v) is 13.7. The number of nitrogens with zero attached hydrogens (tertiary/aromatic N) is 1. The van der Waals surface area contributed by atoms with Crippen molar-refractivity contribution in [2.45, 2.75) is 97.1 Å². The molecule has 0 radical (unpaired) electrons. The molecule has 4 saturated carbocycles. The van der Waals surface area contributed by atoms with Crippen LogP contribution in [0.2, 0.25) is 0 Å². The van der Waals surface area contributed by atoms with Gasteiger partial charge in [-0.15, -0.1) is 0 Å². The van der Waals surface area contributed by atoms with Crippen LogP contribution >= 0.6 is 0 Å². The number of aliphatic hydroxyl groups is 1. The van der Waals surface area contributed by atoms with Gasteiger partial charge in [-0.3, -0.25) is 9.69 Å². The third kappa shape index (κ3) is 2.94. The molecule has 2 aliphatic heterocycles. The van der Waals surface area contributed by atoms with Crippen molar-refractivity contribution in [3.63, 3.8) is 0 Å². The van der Waals surface area contributed by atoms with Crippen molar-refractivity contribution >= 4 is 5.78 Å². The van der Waals surface area contributed by atoms with E-state index >= 15 is 0 Å². The van der Waals surface area contributed by atoms with Crippen molar-refractivity contribution < 1.29 is 9.90 Å². The number of piperidine rings is 2. The molecule has 6 aliphatic rings. The molecular formula is C28H45NO2. The van der Waals surface area contributed by atoms with Crippen LogP contribution in [-0.4, -0.2) is 40.5 Å². The first-order valence-corrected chi connectivity index (χ1v) is 13.7. The third-order valence-corrected chi connectivity index (χ3v) is 12.1. The average molecular weight is 428 g/mol. The summed E-state index contributed by atoms with van der Waals surface area (Å²) in [6, 6.07) is 0.369. The summed E-state index contributed by atoms with van der Waals surface area (Å²) < 4.78 is 0. The Hall–Kier alpha value is -0.410. The summed E-state index contributed by atoms with van der Waals surface area (Å²) in [4.78, 5) is 16.1. The number of hydrogen-bond donors (Lipinski definition) is 1. The van der Waals surface area contributed by atoms with Gasteiger partial charge in [0.1, 0.15) is 5.78 Å². The normalized spacial score (nSPS) is 59.2. The Morgan fingerprint density at radius 2 is 1.65 bits per heavy atom. The molecule has 0 aromatic heterocycles. The standard InChI is InChI=1S/C28H45NO2/c1-16-9-10-27(3)23-12-19-18(20(23)13-25(30)24(27)11-16)6-7-22-21(19)15-29-14-17(2)5-8-26(29)28(22,4)31/h16-24,26,31H,5-15H2,1-4H3. The van der Waals surface area contributed by atoms with Crippen LogP contribution in [0.3, 0.4) is 0 Å². The van der Waals surface area contributed by atoms with Gasteiger partial charge in [-0.2, -0.15) is 0 Å². The number of rotatable bonds is 0. The lowest BCUT2D eigenvalue weighted by molar-refractivity contribution is -0.175. The molecule has 0 spiro atoms. The molecule has 174 valence electrons. The lowest BCUT2D eigenvalue weighted by Gasteiger charge is -2.59. The van der Waals surface area contributed by atoms with Crippen LogP contribution in [0.25, 0.3) is 0 Å². The number of Topliss-reactive ketones (excluding diaryl/α,β-unsaturated/α-hetero) is 1. The molecule has 0 bridgehead atoms. The smallest absolute Gasteiger partial charge is 0.136 e. The maximum Gasteiger partial charge on any atom is 0.136 e. The Morgan fingerprint density at radius 1 is 0.839 bits per heavy atom. The fourth-order valence-electron chi connectivity index (χ4n) is 10.6. The minimum atomic E-state index is -0.537. The highest BCUT2D eigenvalue weighted by molar-refractivity contribution is 5.83. The summed E-state index contributed by atoms with van der Waals surface area (Å²) in [5.74, 6) is 6.39. The molecule has 3 nitrogen and oxygen atoms in total. The lowest BCUT2D eigenvalue weighted by atomic mass is 9.51. The maximum atomic E-state index is 13.4. The van der Waals surface area contributed by atoms with E-state index in [0.29, 0.717) is 35.5 Å². The topological polar surface area (TPSA) is 40.5 Å². The molecule has 4 aliphatic carbocycles. The number of hydrogen-bond acceptors (Lipinski definition) is 3. The van der Waals surface area contributed by atoms with Gasteiger partial charge in [0.15, 0.2) is 0 Å². The van der Waals surface area contributed by atoms with Gasteiger partial charge >= 0.3 is 0 Å². The predicted octanol–water partition coefficient (Wildman–Crippen LogP) is 5.16. The first-order valence-electron chi connectivity index (χ1n) is 13.7. The molecule has 0 aromatic carbocycles. The van der Waals surface area contributed by atoms with Crippen LogP contribution < -0.4 is 0 Å². The van der Waals surface area contributed by atoms with Crippen LogP contribution in [0, 0.1) is 58.7 Å². The molecule has 12 unspecified atom stereocenters. The van der Waals surface area contributed by atoms with E-state index in [1.807, 2.05) is 0 Å². The summed E-state index contributed by atoms with van der Waals surface area (Å²) in [6.45, 7) is 11.8. The average Bonchev–Trinajstić information content (AvgIpc) is 3.09. The summed E-state index contributed by atoms with van der Waals surface area (Å²) >= 11 is 0. The van der Waals surface area contributed by atoms with Gasteiger partial charge in [0.25, 0.3) is 0 Å². The summed E-state index contributed by atoms with van der Waals surface area (Å²) in [5.41, 5.74) is -0.289. The van der Waals surface area contributed by atoms with E-state index in [0.717, 1.165) is 42.4 Å². The van der Waals surface area contributed by atoms with Crippen LogP contribution in [0.5, 0.6) is 0 Å². The molecule has 2 heterocycles. The van der Waals surface area contributed by atoms with Crippen LogP contribution in [-0.2, 0) is 4.79 Å². The highest BCUT2D eigenvalue weighted by atomic mass is 16.3. The third-order valence-electron chi connectivity index (χ3n) is 12.1. The van der Waals surface area contributed by atoms with E-state index in [1.54, 1.807) is 0 Å². The van der Waals surface area contributed by atoms with Gasteiger partial charge in [0.05, 0.1) is 5.60 Å². The largest absolute Gasteiger partial charge is 0.388 e. The Kier molecular flexibility index (Phi) is 4.81. The van der Waals surface area contributed by atoms with Crippen molar-refractivity contribution in [3.8, 4) is 0 Å². The molecular weight excluding hydrogens is 382 g/mol. The molecule has 6 fully saturated rings. The fraction of sp³-hybridized carbons (Fsp3) is 0.964. The van der Waals surface area contributed by atoms with Gasteiger partial charge in [-0.1, -0.05) is 27.2 Å². The minimum Gasteiger partial charge on any atom is -0.388 e. The van der Waals surface area contributed by atoms with Crippen LogP contribution in [0.15, 0.2) is 0 Å². The second-order valence-electron chi connectivity index (χ2n) is 13.7. The summed E-state index contributed by atoms with van der Waals surface area (Å²) in [6.07, 6.45) is 10.8. The zero-order valence-corrected chi connectivity index (χ0v) is 20.4. The number of fused-ring (bicyclic) bond motifs is 8. The zero-order valence-electron chi connectivity index (χ0n) is 20.4. The fourth-order valence-corrected chi connectivity index (χ4v) is 10.6. The van der Waals surface area contributed by atoms with E-state index in [9.17, 15) is 9.90 Å². The van der Waals surface area contributed by atoms with E-state index in [2.05, 4.69) is 32.6 Å². The SMILES string of the molecule is CC1CCC2(C)C(C1)C(=O)CC1C3CCC4C(CN5CC(C)CCC5C4(C)O)C3CC12. The highest BCUT2D eigenvalue weighted by Gasteiger charge is 2.64. The Bertz CT molecular complexity index is 747. The van der Waals surface area contributed by atoms with Crippen molar-refractivity contribution in [1.29, 1.82) is 0 Å². The molecule has 2 saturated heterocycles. The van der Waals surface area contributed by atoms with Crippen molar-refractivity contribution in [2.75, 3.05) is 13.1 Å². The summed E-state index contributed by atoms with van der Waals surface area (Å²) in [7, 11) is 0. The molecule has 3 heteroatoms. The van der Waals surface area contributed by atoms with Crippen molar-refractivity contribution in [2.24, 2.45) is 58.7 Å². The van der Waals surface area contributed by atoms with Crippen LogP contribution in [0.1, 0.15) is 85.5 Å². The monoisotopic (exact) mass is 427 g/mol. The molecule has 0 aromatic rings. The number of carbonyl (C=O) groups excluding carboxylic acids is 1. The van der Waals surface area contributed by atoms with E-state index in [-0.39, 0.29) is 5.41 Å². The van der Waals surface area contributed by atoms with E-state index in [4.69, 9.17) is 0 Å². The minimum absolute atomic E-state index is 0.249. The molecule has 6 rings (SSSR count). The van der Waals surface area contributed by atoms with Crippen LogP contribution in [0.4, 0.5) is 0 Å². The second kappa shape index (κ2) is 7.05. The Morgan fingerprint density at radius 3 is 2.45 bits per heavy atom. The van der Waals surface area contributed by atoms with Gasteiger partial charge in [0, 0.05) is 31.5 Å². The van der Waals surface area contributed by atoms with Crippen molar-refractivity contribution in [1.82, 2.24) is 4.90 Å². The quantitative estimate of drug-likeness (QED) is 0.580. The van der Waals surface area contributed by atoms with Gasteiger partial charge < -0.3 is 5.11 Å². The molecule has 31 heavy (non-hydrogen) atoms. The molecule has 0 amide bonds. The van der Waals surface area contributed by atoms with Gasteiger partial charge in [-0.25, -0.2) is 0 Å². The maximum absolute atomic E-state index is 13.4. The number of ketones is 1.